The number of hydrogen-bond acceptors (Lipinski definition) is 3. The summed E-state index contributed by atoms with van der Waals surface area (Å²) in [6, 6.07) is 8.25. The first-order valence-electron chi connectivity index (χ1n) is 5.32. The van der Waals surface area contributed by atoms with Gasteiger partial charge in [0, 0.05) is 18.5 Å². The number of hydrogen-bond donors (Lipinski definition) is 0. The molecule has 0 spiro atoms. The number of ether oxygens (including phenoxy) is 1. The van der Waals surface area contributed by atoms with Gasteiger partial charge < -0.3 is 9.64 Å². The first kappa shape index (κ1) is 8.77. The third-order valence-corrected chi connectivity index (χ3v) is 3.12. The van der Waals surface area contributed by atoms with Crippen molar-refractivity contribution in [1.82, 2.24) is 4.90 Å². The van der Waals surface area contributed by atoms with Crippen LogP contribution in [-0.4, -0.2) is 30.1 Å². The van der Waals surface area contributed by atoms with Crippen molar-refractivity contribution in [3.63, 3.8) is 0 Å². The van der Waals surface area contributed by atoms with Crippen LogP contribution in [0.25, 0.3) is 0 Å². The lowest BCUT2D eigenvalue weighted by atomic mass is 10.1. The van der Waals surface area contributed by atoms with Crippen molar-refractivity contribution in [3.8, 4) is 5.75 Å². The molecule has 0 amide bonds. The van der Waals surface area contributed by atoms with Gasteiger partial charge >= 0.3 is 0 Å². The molecule has 15 heavy (non-hydrogen) atoms. The van der Waals surface area contributed by atoms with Crippen LogP contribution < -0.4 is 4.74 Å². The van der Waals surface area contributed by atoms with Crippen LogP contribution in [0.15, 0.2) is 29.3 Å². The van der Waals surface area contributed by atoms with Crippen LogP contribution in [0.1, 0.15) is 12.5 Å². The van der Waals surface area contributed by atoms with E-state index in [1.807, 2.05) is 18.5 Å². The second-order valence-corrected chi connectivity index (χ2v) is 4.28. The Morgan fingerprint density at radius 3 is 3.00 bits per heavy atom. The Labute approximate surface area is 89.4 Å². The van der Waals surface area contributed by atoms with Gasteiger partial charge in [-0.1, -0.05) is 18.2 Å². The molecule has 2 heterocycles. The van der Waals surface area contributed by atoms with Crippen LogP contribution >= 0.6 is 0 Å². The summed E-state index contributed by atoms with van der Waals surface area (Å²) in [5, 5.41) is 0. The van der Waals surface area contributed by atoms with Gasteiger partial charge in [-0.15, -0.1) is 0 Å². The Morgan fingerprint density at radius 1 is 1.40 bits per heavy atom. The van der Waals surface area contributed by atoms with Gasteiger partial charge in [-0.25, -0.2) is 0 Å². The molecule has 0 aromatic heterocycles. The molecular formula is C12H14N2O. The monoisotopic (exact) mass is 202 g/mol. The van der Waals surface area contributed by atoms with E-state index in [0.29, 0.717) is 0 Å². The smallest absolute Gasteiger partial charge is 0.185 e. The number of aliphatic imine (C=N–C) groups is 1. The fraction of sp³-hybridized carbons (Fsp3) is 0.417. The maximum absolute atomic E-state index is 6.01. The molecule has 78 valence electrons. The zero-order valence-corrected chi connectivity index (χ0v) is 8.81. The highest BCUT2D eigenvalue weighted by molar-refractivity contribution is 5.59. The molecule has 0 radical (unpaired) electrons. The van der Waals surface area contributed by atoms with Crippen LogP contribution in [0.2, 0.25) is 0 Å². The van der Waals surface area contributed by atoms with Gasteiger partial charge in [0.1, 0.15) is 5.75 Å². The molecule has 0 aliphatic carbocycles. The summed E-state index contributed by atoms with van der Waals surface area (Å²) in [7, 11) is 0. The van der Waals surface area contributed by atoms with Gasteiger partial charge in [-0.05, 0) is 13.0 Å². The molecule has 1 unspecified atom stereocenters. The second-order valence-electron chi connectivity index (χ2n) is 4.28. The van der Waals surface area contributed by atoms with Crippen LogP contribution in [0.5, 0.6) is 5.75 Å². The van der Waals surface area contributed by atoms with E-state index >= 15 is 0 Å². The molecule has 0 saturated heterocycles. The predicted molar refractivity (Wildman–Crippen MR) is 59.2 cm³/mol. The minimum Gasteiger partial charge on any atom is -0.468 e. The Bertz CT molecular complexity index is 389. The molecule has 0 saturated carbocycles. The molecular weight excluding hydrogens is 188 g/mol. The molecule has 0 N–H and O–H groups in total. The predicted octanol–water partition coefficient (Wildman–Crippen LogP) is 1.68. The molecule has 2 aliphatic rings. The van der Waals surface area contributed by atoms with E-state index in [0.717, 1.165) is 25.3 Å². The Balaban J connectivity index is 1.90. The fourth-order valence-corrected chi connectivity index (χ4v) is 2.27. The Hall–Kier alpha value is -1.51. The van der Waals surface area contributed by atoms with E-state index in [1.54, 1.807) is 0 Å². The van der Waals surface area contributed by atoms with Gasteiger partial charge in [-0.3, -0.25) is 4.99 Å². The van der Waals surface area contributed by atoms with Crippen molar-refractivity contribution in [2.75, 3.05) is 13.1 Å². The topological polar surface area (TPSA) is 24.8 Å². The summed E-state index contributed by atoms with van der Waals surface area (Å²) < 4.78 is 6.01. The van der Waals surface area contributed by atoms with E-state index in [4.69, 9.17) is 4.74 Å². The highest BCUT2D eigenvalue weighted by Gasteiger charge is 2.39. The lowest BCUT2D eigenvalue weighted by Gasteiger charge is -2.33. The second kappa shape index (κ2) is 2.99. The van der Waals surface area contributed by atoms with Gasteiger partial charge in [0.15, 0.2) is 5.72 Å². The summed E-state index contributed by atoms with van der Waals surface area (Å²) in [6.45, 7) is 3.98. The van der Waals surface area contributed by atoms with Crippen molar-refractivity contribution in [3.05, 3.63) is 29.8 Å². The zero-order chi connectivity index (χ0) is 10.3. The summed E-state index contributed by atoms with van der Waals surface area (Å²) in [4.78, 5) is 6.43. The number of fused-ring (bicyclic) bond motifs is 1. The molecule has 3 nitrogen and oxygen atoms in total. The highest BCUT2D eigenvalue weighted by atomic mass is 16.5. The number of rotatable bonds is 1. The highest BCUT2D eigenvalue weighted by Crippen LogP contribution is 2.36. The standard InChI is InChI=1S/C12H14N2O/c1-12(14-7-6-13-9-14)8-10-4-2-3-5-11(10)15-12/h2-5,9H,6-8H2,1H3. The lowest BCUT2D eigenvalue weighted by molar-refractivity contribution is 0.00119. The first-order chi connectivity index (χ1) is 7.28. The third-order valence-electron chi connectivity index (χ3n) is 3.12. The SMILES string of the molecule is CC1(N2C=NCC2)Cc2ccccc2O1. The van der Waals surface area contributed by atoms with E-state index < -0.39 is 0 Å². The van der Waals surface area contributed by atoms with E-state index in [9.17, 15) is 0 Å². The minimum absolute atomic E-state index is 0.232. The molecule has 1 aromatic rings. The average Bonchev–Trinajstić information content (AvgIpc) is 2.83. The van der Waals surface area contributed by atoms with Crippen molar-refractivity contribution in [2.24, 2.45) is 4.99 Å². The van der Waals surface area contributed by atoms with Crippen LogP contribution in [0, 0.1) is 0 Å². The van der Waals surface area contributed by atoms with Gasteiger partial charge in [-0.2, -0.15) is 0 Å². The fourth-order valence-electron chi connectivity index (χ4n) is 2.27. The number of benzene rings is 1. The van der Waals surface area contributed by atoms with Crippen LogP contribution in [-0.2, 0) is 6.42 Å². The van der Waals surface area contributed by atoms with E-state index in [-0.39, 0.29) is 5.72 Å². The van der Waals surface area contributed by atoms with Gasteiger partial charge in [0.25, 0.3) is 0 Å². The zero-order valence-electron chi connectivity index (χ0n) is 8.81. The Kier molecular flexibility index (Phi) is 1.75. The molecule has 2 aliphatic heterocycles. The van der Waals surface area contributed by atoms with Crippen molar-refractivity contribution >= 4 is 6.34 Å². The van der Waals surface area contributed by atoms with Crippen LogP contribution in [0.3, 0.4) is 0 Å². The lowest BCUT2D eigenvalue weighted by Crippen LogP contribution is -2.48. The van der Waals surface area contributed by atoms with Gasteiger partial charge in [0.2, 0.25) is 0 Å². The average molecular weight is 202 g/mol. The van der Waals surface area contributed by atoms with Gasteiger partial charge in [0.05, 0.1) is 12.9 Å². The van der Waals surface area contributed by atoms with E-state index in [1.165, 1.54) is 5.56 Å². The largest absolute Gasteiger partial charge is 0.468 e. The Morgan fingerprint density at radius 2 is 2.27 bits per heavy atom. The summed E-state index contributed by atoms with van der Waals surface area (Å²) in [6.07, 6.45) is 2.85. The van der Waals surface area contributed by atoms with Crippen molar-refractivity contribution in [1.29, 1.82) is 0 Å². The summed E-state index contributed by atoms with van der Waals surface area (Å²) in [5.41, 5.74) is 1.06. The molecule has 1 atom stereocenters. The third kappa shape index (κ3) is 1.30. The quantitative estimate of drug-likeness (QED) is 0.692. The molecule has 0 bridgehead atoms. The summed E-state index contributed by atoms with van der Waals surface area (Å²) in [5.74, 6) is 1.01. The molecule has 1 aromatic carbocycles. The number of nitrogens with zero attached hydrogens (tertiary/aromatic N) is 2. The molecule has 0 fully saturated rings. The molecule has 3 rings (SSSR count). The normalized spacial score (nSPS) is 27.9. The molecule has 3 heteroatoms. The minimum atomic E-state index is -0.232. The maximum Gasteiger partial charge on any atom is 0.185 e. The van der Waals surface area contributed by atoms with Crippen molar-refractivity contribution in [2.45, 2.75) is 19.1 Å². The van der Waals surface area contributed by atoms with E-state index in [2.05, 4.69) is 28.9 Å². The first-order valence-corrected chi connectivity index (χ1v) is 5.32. The van der Waals surface area contributed by atoms with Crippen LogP contribution in [0.4, 0.5) is 0 Å². The number of para-hydroxylation sites is 1. The summed E-state index contributed by atoms with van der Waals surface area (Å²) >= 11 is 0. The van der Waals surface area contributed by atoms with Crippen molar-refractivity contribution < 1.29 is 4.74 Å². The maximum atomic E-state index is 6.01.